The van der Waals surface area contributed by atoms with Gasteiger partial charge in [0.15, 0.2) is 0 Å². The molecule has 0 radical (unpaired) electrons. The fourth-order valence-corrected chi connectivity index (χ4v) is 4.23. The standard InChI is InChI=1S/C27H36N2O3/c1-21(23-11-6-3-7-12-23)28-26(30)13-8-14-27(31)29-24-15-17-25(18-16-24)32-20-19-22-9-4-2-5-10-22/h3,6-7,11-12,15-18,21-22H,2,4-5,8-10,13-14,19-20H2,1H3,(H,28,30)(H,29,31)/t21-/m1/s1. The van der Waals surface area contributed by atoms with Gasteiger partial charge in [-0.2, -0.15) is 0 Å². The van der Waals surface area contributed by atoms with Crippen molar-refractivity contribution in [2.75, 3.05) is 11.9 Å². The second kappa shape index (κ2) is 12.9. The summed E-state index contributed by atoms with van der Waals surface area (Å²) in [6, 6.07) is 17.3. The Labute approximate surface area is 191 Å². The molecule has 2 N–H and O–H groups in total. The molecule has 0 heterocycles. The lowest BCUT2D eigenvalue weighted by atomic mass is 9.87. The molecular formula is C27H36N2O3. The zero-order chi connectivity index (χ0) is 22.6. The van der Waals surface area contributed by atoms with Crippen LogP contribution in [0.3, 0.4) is 0 Å². The number of ether oxygens (including phenoxy) is 1. The molecule has 3 rings (SSSR count). The quantitative estimate of drug-likeness (QED) is 0.452. The first-order chi connectivity index (χ1) is 15.6. The molecule has 1 saturated carbocycles. The van der Waals surface area contributed by atoms with Gasteiger partial charge in [0.2, 0.25) is 11.8 Å². The van der Waals surface area contributed by atoms with Crippen molar-refractivity contribution in [3.05, 3.63) is 60.2 Å². The Morgan fingerprint density at radius 1 is 0.938 bits per heavy atom. The van der Waals surface area contributed by atoms with Gasteiger partial charge < -0.3 is 15.4 Å². The van der Waals surface area contributed by atoms with E-state index in [-0.39, 0.29) is 17.9 Å². The lowest BCUT2D eigenvalue weighted by molar-refractivity contribution is -0.122. The molecule has 5 heteroatoms. The van der Waals surface area contributed by atoms with Crippen LogP contribution in [-0.2, 0) is 9.59 Å². The van der Waals surface area contributed by atoms with Crippen molar-refractivity contribution in [1.29, 1.82) is 0 Å². The summed E-state index contributed by atoms with van der Waals surface area (Å²) in [5.74, 6) is 1.53. The maximum atomic E-state index is 12.2. The van der Waals surface area contributed by atoms with Gasteiger partial charge in [0, 0.05) is 18.5 Å². The summed E-state index contributed by atoms with van der Waals surface area (Å²) in [7, 11) is 0. The Hall–Kier alpha value is -2.82. The molecule has 0 saturated heterocycles. The van der Waals surface area contributed by atoms with E-state index in [1.807, 2.05) is 61.5 Å². The fraction of sp³-hybridized carbons (Fsp3) is 0.481. The SMILES string of the molecule is C[C@@H](NC(=O)CCCC(=O)Nc1ccc(OCCC2CCCCC2)cc1)c1ccccc1. The van der Waals surface area contributed by atoms with Crippen molar-refractivity contribution in [2.45, 2.75) is 70.8 Å². The van der Waals surface area contributed by atoms with E-state index in [1.54, 1.807) is 0 Å². The molecule has 5 nitrogen and oxygen atoms in total. The average Bonchev–Trinajstić information content (AvgIpc) is 2.81. The number of anilines is 1. The highest BCUT2D eigenvalue weighted by atomic mass is 16.5. The summed E-state index contributed by atoms with van der Waals surface area (Å²) in [4.78, 5) is 24.3. The number of carbonyl (C=O) groups is 2. The van der Waals surface area contributed by atoms with Crippen LogP contribution in [0.1, 0.15) is 76.3 Å². The lowest BCUT2D eigenvalue weighted by Crippen LogP contribution is -2.26. The Bertz CT molecular complexity index is 830. The van der Waals surface area contributed by atoms with E-state index >= 15 is 0 Å². The predicted molar refractivity (Wildman–Crippen MR) is 129 cm³/mol. The minimum Gasteiger partial charge on any atom is -0.494 e. The fourth-order valence-electron chi connectivity index (χ4n) is 4.23. The van der Waals surface area contributed by atoms with Crippen molar-refractivity contribution in [3.8, 4) is 5.75 Å². The average molecular weight is 437 g/mol. The van der Waals surface area contributed by atoms with E-state index in [2.05, 4.69) is 10.6 Å². The Kier molecular flexibility index (Phi) is 9.60. The molecule has 1 atom stereocenters. The van der Waals surface area contributed by atoms with Gasteiger partial charge in [0.25, 0.3) is 0 Å². The Morgan fingerprint density at radius 2 is 1.62 bits per heavy atom. The third-order valence-corrected chi connectivity index (χ3v) is 6.14. The highest BCUT2D eigenvalue weighted by molar-refractivity contribution is 5.91. The topological polar surface area (TPSA) is 67.4 Å². The summed E-state index contributed by atoms with van der Waals surface area (Å²) in [5.41, 5.74) is 1.82. The van der Waals surface area contributed by atoms with E-state index in [4.69, 9.17) is 4.74 Å². The summed E-state index contributed by atoms with van der Waals surface area (Å²) in [6.45, 7) is 2.71. The second-order valence-electron chi connectivity index (χ2n) is 8.77. The number of hydrogen-bond acceptors (Lipinski definition) is 3. The number of benzene rings is 2. The van der Waals surface area contributed by atoms with E-state index < -0.39 is 0 Å². The number of carbonyl (C=O) groups excluding carboxylic acids is 2. The minimum absolute atomic E-state index is 0.0381. The number of nitrogens with one attached hydrogen (secondary N) is 2. The van der Waals surface area contributed by atoms with Crippen LogP contribution >= 0.6 is 0 Å². The van der Waals surface area contributed by atoms with Crippen molar-refractivity contribution < 1.29 is 14.3 Å². The number of rotatable bonds is 11. The lowest BCUT2D eigenvalue weighted by Gasteiger charge is -2.21. The van der Waals surface area contributed by atoms with Crippen LogP contribution in [0.25, 0.3) is 0 Å². The van der Waals surface area contributed by atoms with Crippen LogP contribution in [0.2, 0.25) is 0 Å². The molecule has 1 fully saturated rings. The molecule has 0 bridgehead atoms. The number of hydrogen-bond donors (Lipinski definition) is 2. The van der Waals surface area contributed by atoms with Crippen LogP contribution in [0, 0.1) is 5.92 Å². The summed E-state index contributed by atoms with van der Waals surface area (Å²) >= 11 is 0. The van der Waals surface area contributed by atoms with Gasteiger partial charge >= 0.3 is 0 Å². The molecule has 2 amide bonds. The summed E-state index contributed by atoms with van der Waals surface area (Å²) in [6.07, 6.45) is 9.05. The predicted octanol–water partition coefficient (Wildman–Crippen LogP) is 6.02. The maximum Gasteiger partial charge on any atom is 0.224 e. The van der Waals surface area contributed by atoms with Gasteiger partial charge in [-0.1, -0.05) is 62.4 Å². The van der Waals surface area contributed by atoms with E-state index in [9.17, 15) is 9.59 Å². The first kappa shape index (κ1) is 23.8. The molecule has 1 aliphatic carbocycles. The smallest absolute Gasteiger partial charge is 0.224 e. The third-order valence-electron chi connectivity index (χ3n) is 6.14. The van der Waals surface area contributed by atoms with Gasteiger partial charge in [-0.05, 0) is 55.5 Å². The molecule has 0 aromatic heterocycles. The molecule has 0 aliphatic heterocycles. The number of amides is 2. The van der Waals surface area contributed by atoms with Crippen molar-refractivity contribution in [1.82, 2.24) is 5.32 Å². The van der Waals surface area contributed by atoms with Crippen molar-refractivity contribution in [2.24, 2.45) is 5.92 Å². The van der Waals surface area contributed by atoms with Gasteiger partial charge in [-0.25, -0.2) is 0 Å². The molecule has 2 aromatic rings. The van der Waals surface area contributed by atoms with Gasteiger partial charge in [0.05, 0.1) is 12.6 Å². The van der Waals surface area contributed by atoms with Gasteiger partial charge in [0.1, 0.15) is 5.75 Å². The van der Waals surface area contributed by atoms with Crippen molar-refractivity contribution >= 4 is 17.5 Å². The van der Waals surface area contributed by atoms with Crippen LogP contribution < -0.4 is 15.4 Å². The van der Waals surface area contributed by atoms with Gasteiger partial charge in [-0.15, -0.1) is 0 Å². The largest absolute Gasteiger partial charge is 0.494 e. The first-order valence-corrected chi connectivity index (χ1v) is 12.0. The van der Waals surface area contributed by atoms with Crippen LogP contribution in [-0.4, -0.2) is 18.4 Å². The monoisotopic (exact) mass is 436 g/mol. The van der Waals surface area contributed by atoms with Crippen molar-refractivity contribution in [3.63, 3.8) is 0 Å². The van der Waals surface area contributed by atoms with Crippen LogP contribution in [0.4, 0.5) is 5.69 Å². The third kappa shape index (κ3) is 8.37. The molecule has 32 heavy (non-hydrogen) atoms. The van der Waals surface area contributed by atoms with E-state index in [0.29, 0.717) is 19.3 Å². The molecule has 172 valence electrons. The molecular weight excluding hydrogens is 400 g/mol. The minimum atomic E-state index is -0.0834. The van der Waals surface area contributed by atoms with Crippen LogP contribution in [0.15, 0.2) is 54.6 Å². The molecule has 1 aliphatic rings. The zero-order valence-electron chi connectivity index (χ0n) is 19.1. The molecule has 2 aromatic carbocycles. The Morgan fingerprint density at radius 3 is 2.34 bits per heavy atom. The van der Waals surface area contributed by atoms with E-state index in [0.717, 1.165) is 35.9 Å². The Balaban J connectivity index is 1.30. The summed E-state index contributed by atoms with van der Waals surface area (Å²) < 4.78 is 5.87. The maximum absolute atomic E-state index is 12.2. The van der Waals surface area contributed by atoms with Crippen LogP contribution in [0.5, 0.6) is 5.75 Å². The highest BCUT2D eigenvalue weighted by Gasteiger charge is 2.13. The molecule has 0 spiro atoms. The normalized spacial score (nSPS) is 15.0. The zero-order valence-corrected chi connectivity index (χ0v) is 19.1. The van der Waals surface area contributed by atoms with E-state index in [1.165, 1.54) is 32.1 Å². The molecule has 0 unspecified atom stereocenters. The second-order valence-corrected chi connectivity index (χ2v) is 8.77. The first-order valence-electron chi connectivity index (χ1n) is 12.0. The highest BCUT2D eigenvalue weighted by Crippen LogP contribution is 2.26. The van der Waals surface area contributed by atoms with Gasteiger partial charge in [-0.3, -0.25) is 9.59 Å². The summed E-state index contributed by atoms with van der Waals surface area (Å²) in [5, 5.41) is 5.87.